The second-order valence-electron chi connectivity index (χ2n) is 9.81. The second kappa shape index (κ2) is 11.1. The van der Waals surface area contributed by atoms with Crippen molar-refractivity contribution >= 4 is 38.6 Å². The largest absolute Gasteiger partial charge is 0.481 e. The average Bonchev–Trinajstić information content (AvgIpc) is 3.32. The molecule has 0 amide bonds. The summed E-state index contributed by atoms with van der Waals surface area (Å²) in [4.78, 5) is 16.1. The lowest BCUT2D eigenvalue weighted by Gasteiger charge is -2.24. The maximum Gasteiger partial charge on any atom is 0.304 e. The number of sulfonamides is 1. The summed E-state index contributed by atoms with van der Waals surface area (Å²) in [6.07, 6.45) is 1.53. The van der Waals surface area contributed by atoms with Gasteiger partial charge < -0.3 is 9.84 Å². The molecule has 2 atom stereocenters. The van der Waals surface area contributed by atoms with Crippen molar-refractivity contribution in [1.29, 1.82) is 0 Å². The van der Waals surface area contributed by atoms with Crippen LogP contribution in [0.15, 0.2) is 53.6 Å². The van der Waals surface area contributed by atoms with Crippen LogP contribution in [0.5, 0.6) is 5.88 Å². The molecule has 12 heteroatoms. The van der Waals surface area contributed by atoms with Crippen LogP contribution in [0.25, 0.3) is 11.0 Å². The maximum absolute atomic E-state index is 13.7. The van der Waals surface area contributed by atoms with Crippen LogP contribution in [0.2, 0.25) is 5.02 Å². The first-order chi connectivity index (χ1) is 19.1. The van der Waals surface area contributed by atoms with Crippen molar-refractivity contribution in [2.45, 2.75) is 63.6 Å². The van der Waals surface area contributed by atoms with Gasteiger partial charge in [0.1, 0.15) is 16.5 Å². The van der Waals surface area contributed by atoms with Crippen molar-refractivity contribution in [3.8, 4) is 5.88 Å². The Labute approximate surface area is 237 Å². The van der Waals surface area contributed by atoms with Gasteiger partial charge in [-0.05, 0) is 66.8 Å². The number of carbonyl (C=O) groups is 1. The van der Waals surface area contributed by atoms with Gasteiger partial charge in [-0.15, -0.1) is 5.10 Å². The fourth-order valence-corrected chi connectivity index (χ4v) is 6.88. The molecular weight excluding hydrogens is 554 g/mol. The number of carboxylic acid groups (broad SMARTS) is 1. The Morgan fingerprint density at radius 1 is 1.23 bits per heavy atom. The Bertz CT molecular complexity index is 1690. The molecule has 5 rings (SSSR count). The molecule has 0 saturated carbocycles. The smallest absolute Gasteiger partial charge is 0.304 e. The predicted molar refractivity (Wildman–Crippen MR) is 150 cm³/mol. The van der Waals surface area contributed by atoms with Gasteiger partial charge in [0.25, 0.3) is 0 Å². The molecule has 0 spiro atoms. The molecule has 4 aromatic rings. The molecule has 0 radical (unpaired) electrons. The summed E-state index contributed by atoms with van der Waals surface area (Å²) in [5.41, 5.74) is 4.54. The first kappa shape index (κ1) is 28.0. The number of halogens is 1. The molecule has 210 valence electrons. The van der Waals surface area contributed by atoms with Crippen molar-refractivity contribution in [3.05, 3.63) is 75.9 Å². The van der Waals surface area contributed by atoms with Gasteiger partial charge in [0, 0.05) is 30.2 Å². The highest BCUT2D eigenvalue weighted by atomic mass is 35.5. The molecule has 1 aliphatic heterocycles. The molecule has 10 nitrogen and oxygen atoms in total. The minimum absolute atomic E-state index is 0.00559. The van der Waals surface area contributed by atoms with E-state index in [0.29, 0.717) is 29.1 Å². The summed E-state index contributed by atoms with van der Waals surface area (Å²) in [5, 5.41) is 18.7. The van der Waals surface area contributed by atoms with Gasteiger partial charge in [-0.3, -0.25) is 4.79 Å². The van der Waals surface area contributed by atoms with Gasteiger partial charge in [-0.1, -0.05) is 41.9 Å². The summed E-state index contributed by atoms with van der Waals surface area (Å²) in [7, 11) is -3.94. The Balaban J connectivity index is 1.56. The summed E-state index contributed by atoms with van der Waals surface area (Å²) in [6.45, 7) is 6.60. The van der Waals surface area contributed by atoms with E-state index in [1.54, 1.807) is 28.9 Å². The molecule has 0 fully saturated rings. The Hall–Kier alpha value is -3.54. The number of benzene rings is 2. The van der Waals surface area contributed by atoms with Crippen LogP contribution in [-0.4, -0.2) is 56.4 Å². The van der Waals surface area contributed by atoms with E-state index in [0.717, 1.165) is 22.2 Å². The van der Waals surface area contributed by atoms with Gasteiger partial charge in [0.05, 0.1) is 18.5 Å². The fraction of sp³-hybridized carbons (Fsp3) is 0.357. The molecule has 2 aromatic carbocycles. The third kappa shape index (κ3) is 5.16. The van der Waals surface area contributed by atoms with Gasteiger partial charge in [0.2, 0.25) is 15.9 Å². The van der Waals surface area contributed by atoms with Crippen LogP contribution in [0.4, 0.5) is 0 Å². The second-order valence-corrected chi connectivity index (χ2v) is 12.1. The summed E-state index contributed by atoms with van der Waals surface area (Å²) < 4.78 is 36.4. The minimum Gasteiger partial charge on any atom is -0.481 e. The first-order valence-corrected chi connectivity index (χ1v) is 14.9. The van der Waals surface area contributed by atoms with Crippen molar-refractivity contribution < 1.29 is 23.1 Å². The van der Waals surface area contributed by atoms with Crippen LogP contribution in [-0.2, 0) is 27.9 Å². The predicted octanol–water partition coefficient (Wildman–Crippen LogP) is 4.78. The fourth-order valence-electron chi connectivity index (χ4n) is 5.18. The summed E-state index contributed by atoms with van der Waals surface area (Å²) >= 11 is 6.60. The van der Waals surface area contributed by atoms with Crippen molar-refractivity contribution in [3.63, 3.8) is 0 Å². The van der Waals surface area contributed by atoms with Crippen LogP contribution in [0.1, 0.15) is 54.9 Å². The number of carboxylic acids is 1. The normalized spacial score (nSPS) is 17.6. The summed E-state index contributed by atoms with van der Waals surface area (Å²) in [6, 6.07) is 12.2. The van der Waals surface area contributed by atoms with E-state index < -0.39 is 28.0 Å². The molecular formula is C28H30ClN5O5S. The van der Waals surface area contributed by atoms with E-state index in [-0.39, 0.29) is 30.3 Å². The molecule has 1 aliphatic rings. The van der Waals surface area contributed by atoms with Crippen molar-refractivity contribution in [1.82, 2.24) is 24.3 Å². The van der Waals surface area contributed by atoms with Crippen LogP contribution < -0.4 is 4.74 Å². The van der Waals surface area contributed by atoms with Crippen LogP contribution >= 0.6 is 11.6 Å². The molecule has 2 aromatic heterocycles. The highest BCUT2D eigenvalue weighted by molar-refractivity contribution is 7.89. The van der Waals surface area contributed by atoms with E-state index >= 15 is 0 Å². The molecule has 0 unspecified atom stereocenters. The lowest BCUT2D eigenvalue weighted by molar-refractivity contribution is -0.137. The highest BCUT2D eigenvalue weighted by Crippen LogP contribution is 2.36. The quantitative estimate of drug-likeness (QED) is 0.314. The van der Waals surface area contributed by atoms with Gasteiger partial charge in [0.15, 0.2) is 0 Å². The molecule has 1 N–H and O–H groups in total. The number of pyridine rings is 1. The first-order valence-electron chi connectivity index (χ1n) is 13.1. The molecule has 40 heavy (non-hydrogen) atoms. The lowest BCUT2D eigenvalue weighted by atomic mass is 9.85. The third-order valence-corrected chi connectivity index (χ3v) is 9.54. The molecule has 3 heterocycles. The minimum atomic E-state index is -3.94. The van der Waals surface area contributed by atoms with Gasteiger partial charge >= 0.3 is 5.97 Å². The third-order valence-electron chi connectivity index (χ3n) is 7.35. The zero-order valence-electron chi connectivity index (χ0n) is 22.4. The number of aryl methyl sites for hydroxylation is 2. The van der Waals surface area contributed by atoms with E-state index in [1.807, 2.05) is 32.9 Å². The zero-order valence-corrected chi connectivity index (χ0v) is 24.0. The van der Waals surface area contributed by atoms with Crippen molar-refractivity contribution in [2.24, 2.45) is 0 Å². The molecule has 0 saturated heterocycles. The molecule has 0 aliphatic carbocycles. The number of nitrogens with zero attached hydrogens (tertiary/aromatic N) is 5. The Morgan fingerprint density at radius 2 is 2.02 bits per heavy atom. The van der Waals surface area contributed by atoms with Gasteiger partial charge in [-0.2, -0.15) is 4.31 Å². The Morgan fingerprint density at radius 3 is 2.75 bits per heavy atom. The standard InChI is InChI=1S/C28H30ClN5O5S/c1-4-20-16-33(40(37,38)25-7-6-12-30-28(25)39-20)15-19-13-18(8-10-23(19)29)22(14-26(35)36)21-9-11-24-27(17(21)3)31-32-34(24)5-2/h6-13,20,22H,4-5,14-16H2,1-3H3,(H,35,36)/t20-,22+/m1/s1. The van der Waals surface area contributed by atoms with E-state index in [4.69, 9.17) is 16.3 Å². The van der Waals surface area contributed by atoms with E-state index in [1.165, 1.54) is 16.6 Å². The number of aromatic nitrogens is 4. The number of hydrogen-bond acceptors (Lipinski definition) is 7. The number of fused-ring (bicyclic) bond motifs is 2. The number of hydrogen-bond donors (Lipinski definition) is 1. The van der Waals surface area contributed by atoms with Crippen molar-refractivity contribution in [2.75, 3.05) is 6.54 Å². The highest BCUT2D eigenvalue weighted by Gasteiger charge is 2.35. The zero-order chi connectivity index (χ0) is 28.6. The number of aliphatic carboxylic acids is 1. The van der Waals surface area contributed by atoms with E-state index in [2.05, 4.69) is 15.3 Å². The summed E-state index contributed by atoms with van der Waals surface area (Å²) in [5.74, 6) is -1.38. The van der Waals surface area contributed by atoms with Crippen LogP contribution in [0, 0.1) is 6.92 Å². The number of ether oxygens (including phenoxy) is 1. The lowest BCUT2D eigenvalue weighted by Crippen LogP contribution is -2.36. The maximum atomic E-state index is 13.7. The van der Waals surface area contributed by atoms with Crippen LogP contribution in [0.3, 0.4) is 0 Å². The average molecular weight is 584 g/mol. The topological polar surface area (TPSA) is 128 Å². The monoisotopic (exact) mass is 583 g/mol. The Kier molecular flexibility index (Phi) is 7.80. The van der Waals surface area contributed by atoms with Gasteiger partial charge in [-0.25, -0.2) is 18.1 Å². The number of rotatable bonds is 8. The van der Waals surface area contributed by atoms with E-state index in [9.17, 15) is 18.3 Å². The molecule has 0 bridgehead atoms. The SMILES string of the molecule is CC[C@@H]1CN(Cc2cc([C@H](CC(=O)O)c3ccc4c(nnn4CC)c3C)ccc2Cl)S(=O)(=O)c2cccnc2O1.